The summed E-state index contributed by atoms with van der Waals surface area (Å²) in [5.41, 5.74) is -0.845. The molecular weight excluding hydrogens is 277 g/mol. The zero-order valence-electron chi connectivity index (χ0n) is 10.2. The molecule has 19 heavy (non-hydrogen) atoms. The van der Waals surface area contributed by atoms with E-state index in [1.54, 1.807) is 7.05 Å². The fraction of sp³-hybridized carbons (Fsp3) is 0.455. The number of alkyl halides is 3. The van der Waals surface area contributed by atoms with Gasteiger partial charge in [0, 0.05) is 25.4 Å². The van der Waals surface area contributed by atoms with E-state index in [-0.39, 0.29) is 0 Å². The number of hydrogen-bond acceptors (Lipinski definition) is 3. The smallest absolute Gasteiger partial charge is 0.356 e. The van der Waals surface area contributed by atoms with E-state index in [2.05, 4.69) is 26.5 Å². The lowest BCUT2D eigenvalue weighted by Crippen LogP contribution is -2.38. The van der Waals surface area contributed by atoms with Crippen molar-refractivity contribution in [2.75, 3.05) is 20.1 Å². The summed E-state index contributed by atoms with van der Waals surface area (Å²) in [6.45, 7) is 0.754. The van der Waals surface area contributed by atoms with Crippen LogP contribution in [0.15, 0.2) is 10.4 Å². The highest BCUT2D eigenvalue weighted by Crippen LogP contribution is 2.29. The highest BCUT2D eigenvalue weighted by Gasteiger charge is 2.33. The monoisotopic (exact) mass is 290 g/mol. The van der Waals surface area contributed by atoms with Crippen LogP contribution in [0.5, 0.6) is 0 Å². The normalized spacial score (nSPS) is 12.1. The van der Waals surface area contributed by atoms with Crippen molar-refractivity contribution in [1.82, 2.24) is 15.6 Å². The number of aromatic nitrogens is 1. The molecule has 4 nitrogen and oxygen atoms in total. The van der Waals surface area contributed by atoms with Gasteiger partial charge in [0.15, 0.2) is 11.7 Å². The Morgan fingerprint density at radius 1 is 1.53 bits per heavy atom. The first-order valence-electron chi connectivity index (χ1n) is 5.37. The van der Waals surface area contributed by atoms with Gasteiger partial charge in [0.25, 0.3) is 0 Å². The molecule has 0 aliphatic rings. The van der Waals surface area contributed by atoms with Crippen LogP contribution in [0, 0.1) is 12.3 Å². The lowest BCUT2D eigenvalue weighted by Gasteiger charge is -2.08. The lowest BCUT2D eigenvalue weighted by molar-refractivity contribution is -0.140. The van der Waals surface area contributed by atoms with E-state index < -0.39 is 11.9 Å². The van der Waals surface area contributed by atoms with Crippen LogP contribution in [0.2, 0.25) is 0 Å². The Morgan fingerprint density at radius 3 is 2.79 bits per heavy atom. The molecule has 0 bridgehead atoms. The Hall–Kier alpha value is -1.75. The van der Waals surface area contributed by atoms with Crippen LogP contribution < -0.4 is 10.6 Å². The van der Waals surface area contributed by atoms with Crippen LogP contribution in [-0.4, -0.2) is 31.1 Å². The molecule has 1 aromatic heterocycles. The Kier molecular flexibility index (Phi) is 5.63. The zero-order chi connectivity index (χ0) is 14.3. The molecule has 0 radical (unpaired) electrons. The predicted octanol–water partition coefficient (Wildman–Crippen LogP) is 1.50. The quantitative estimate of drug-likeness (QED) is 0.502. The highest BCUT2D eigenvalue weighted by molar-refractivity contribution is 7.09. The van der Waals surface area contributed by atoms with E-state index in [4.69, 9.17) is 6.42 Å². The van der Waals surface area contributed by atoms with Gasteiger partial charge in [0.2, 0.25) is 0 Å². The van der Waals surface area contributed by atoms with Crippen LogP contribution in [0.25, 0.3) is 0 Å². The van der Waals surface area contributed by atoms with E-state index in [1.807, 2.05) is 0 Å². The van der Waals surface area contributed by atoms with Crippen LogP contribution in [0.3, 0.4) is 0 Å². The maximum absolute atomic E-state index is 12.3. The molecule has 2 N–H and O–H groups in total. The average Bonchev–Trinajstić information content (AvgIpc) is 2.82. The predicted molar refractivity (Wildman–Crippen MR) is 69.0 cm³/mol. The number of rotatable bonds is 4. The van der Waals surface area contributed by atoms with Gasteiger partial charge in [-0.15, -0.1) is 17.8 Å². The van der Waals surface area contributed by atoms with Crippen molar-refractivity contribution < 1.29 is 13.2 Å². The Morgan fingerprint density at radius 2 is 2.26 bits per heavy atom. The maximum Gasteiger partial charge on any atom is 0.434 e. The summed E-state index contributed by atoms with van der Waals surface area (Å²) in [7, 11) is 1.58. The van der Waals surface area contributed by atoms with E-state index in [0.29, 0.717) is 30.5 Å². The number of nitrogens with one attached hydrogen (secondary N) is 2. The van der Waals surface area contributed by atoms with E-state index >= 15 is 0 Å². The highest BCUT2D eigenvalue weighted by atomic mass is 32.1. The molecule has 1 aromatic rings. The lowest BCUT2D eigenvalue weighted by atomic mass is 10.4. The fourth-order valence-electron chi connectivity index (χ4n) is 1.20. The molecule has 1 rings (SSSR count). The number of guanidine groups is 1. The molecule has 1 heterocycles. The zero-order valence-corrected chi connectivity index (χ0v) is 11.0. The standard InChI is InChI=1S/C11H13F3N4S/c1-3-5-16-10(15-2)17-6-4-9-18-8(7-19-9)11(12,13)14/h1,7H,4-6H2,2H3,(H2,15,16,17). The summed E-state index contributed by atoms with van der Waals surface area (Å²) >= 11 is 0.990. The second-order valence-electron chi connectivity index (χ2n) is 3.43. The number of hydrogen-bond donors (Lipinski definition) is 2. The van der Waals surface area contributed by atoms with Gasteiger partial charge in [0.05, 0.1) is 11.6 Å². The molecule has 8 heteroatoms. The first-order valence-corrected chi connectivity index (χ1v) is 6.25. The van der Waals surface area contributed by atoms with Crippen molar-refractivity contribution >= 4 is 17.3 Å². The summed E-state index contributed by atoms with van der Waals surface area (Å²) in [6.07, 6.45) is 1.09. The molecule has 0 atom stereocenters. The summed E-state index contributed by atoms with van der Waals surface area (Å²) < 4.78 is 37.0. The maximum atomic E-state index is 12.3. The number of halogens is 3. The average molecular weight is 290 g/mol. The van der Waals surface area contributed by atoms with Crippen LogP contribution in [0.1, 0.15) is 10.7 Å². The summed E-state index contributed by atoms with van der Waals surface area (Å²) in [5.74, 6) is 2.90. The van der Waals surface area contributed by atoms with Gasteiger partial charge in [-0.25, -0.2) is 4.98 Å². The van der Waals surface area contributed by atoms with Crippen LogP contribution >= 0.6 is 11.3 Å². The molecule has 0 saturated heterocycles. The van der Waals surface area contributed by atoms with E-state index in [1.165, 1.54) is 0 Å². The molecule has 0 unspecified atom stereocenters. The van der Waals surface area contributed by atoms with Gasteiger partial charge < -0.3 is 10.6 Å². The topological polar surface area (TPSA) is 49.3 Å². The first kappa shape index (κ1) is 15.3. The SMILES string of the molecule is C#CCNC(=NC)NCCc1nc(C(F)(F)F)cs1. The van der Waals surface area contributed by atoms with Crippen LogP contribution in [0.4, 0.5) is 13.2 Å². The Balaban J connectivity index is 2.41. The minimum Gasteiger partial charge on any atom is -0.356 e. The second-order valence-corrected chi connectivity index (χ2v) is 4.37. The van der Waals surface area contributed by atoms with E-state index in [0.717, 1.165) is 16.7 Å². The van der Waals surface area contributed by atoms with Crippen LogP contribution in [-0.2, 0) is 12.6 Å². The van der Waals surface area contributed by atoms with Gasteiger partial charge in [-0.1, -0.05) is 5.92 Å². The van der Waals surface area contributed by atoms with Gasteiger partial charge >= 0.3 is 6.18 Å². The number of nitrogens with zero attached hydrogens (tertiary/aromatic N) is 2. The molecule has 0 saturated carbocycles. The third kappa shape index (κ3) is 5.18. The number of terminal acetylenes is 1. The molecule has 0 fully saturated rings. The van der Waals surface area contributed by atoms with Crippen molar-refractivity contribution in [3.8, 4) is 12.3 Å². The fourth-order valence-corrected chi connectivity index (χ4v) is 2.00. The van der Waals surface area contributed by atoms with Crippen molar-refractivity contribution in [3.05, 3.63) is 16.1 Å². The molecular formula is C11H13F3N4S. The third-order valence-corrected chi connectivity index (χ3v) is 2.96. The number of aliphatic imine (C=N–C) groups is 1. The molecule has 0 aromatic carbocycles. The first-order chi connectivity index (χ1) is 8.97. The van der Waals surface area contributed by atoms with Crippen molar-refractivity contribution in [2.45, 2.75) is 12.6 Å². The summed E-state index contributed by atoms with van der Waals surface area (Å²) in [6, 6.07) is 0. The third-order valence-electron chi connectivity index (χ3n) is 2.05. The minimum absolute atomic E-state index is 0.329. The molecule has 0 aliphatic heterocycles. The van der Waals surface area contributed by atoms with Crippen molar-refractivity contribution in [3.63, 3.8) is 0 Å². The minimum atomic E-state index is -4.38. The Labute approximate surface area is 113 Å². The molecule has 0 amide bonds. The van der Waals surface area contributed by atoms with Gasteiger partial charge in [0.1, 0.15) is 0 Å². The van der Waals surface area contributed by atoms with Crippen molar-refractivity contribution in [2.24, 2.45) is 4.99 Å². The van der Waals surface area contributed by atoms with E-state index in [9.17, 15) is 13.2 Å². The number of thiazole rings is 1. The molecule has 0 aliphatic carbocycles. The van der Waals surface area contributed by atoms with Crippen molar-refractivity contribution in [1.29, 1.82) is 0 Å². The van der Waals surface area contributed by atoms with Gasteiger partial charge in [-0.2, -0.15) is 13.2 Å². The summed E-state index contributed by atoms with van der Waals surface area (Å²) in [4.78, 5) is 7.43. The van der Waals surface area contributed by atoms with Gasteiger partial charge in [-0.3, -0.25) is 4.99 Å². The largest absolute Gasteiger partial charge is 0.434 e. The summed E-state index contributed by atoms with van der Waals surface area (Å²) in [5, 5.41) is 7.21. The molecule has 0 spiro atoms. The molecule has 104 valence electrons. The second kappa shape index (κ2) is 6.99. The Bertz CT molecular complexity index is 473. The van der Waals surface area contributed by atoms with Gasteiger partial charge in [-0.05, 0) is 0 Å².